The van der Waals surface area contributed by atoms with Crippen LogP contribution >= 0.6 is 0 Å². The molecule has 8 heteroatoms. The van der Waals surface area contributed by atoms with E-state index in [1.54, 1.807) is 13.8 Å². The van der Waals surface area contributed by atoms with E-state index in [4.69, 9.17) is 0 Å². The molecule has 0 radical (unpaired) electrons. The van der Waals surface area contributed by atoms with E-state index in [1.807, 2.05) is 0 Å². The number of aromatic nitrogens is 3. The number of hydrogen-bond donors (Lipinski definition) is 3. The Labute approximate surface area is 112 Å². The number of carbonyl (C=O) groups excluding carboxylic acids is 1. The predicted molar refractivity (Wildman–Crippen MR) is 68.0 cm³/mol. The lowest BCUT2D eigenvalue weighted by molar-refractivity contribution is 0.0688. The third kappa shape index (κ3) is 1.47. The lowest BCUT2D eigenvalue weighted by Crippen LogP contribution is -2.21. The van der Waals surface area contributed by atoms with Gasteiger partial charge >= 0.3 is 5.97 Å². The maximum atomic E-state index is 12.3. The zero-order valence-corrected chi connectivity index (χ0v) is 10.9. The molecule has 1 aliphatic rings. The molecule has 2 aromatic heterocycles. The summed E-state index contributed by atoms with van der Waals surface area (Å²) < 4.78 is 1.10. The van der Waals surface area contributed by atoms with Gasteiger partial charge in [0.15, 0.2) is 5.65 Å². The van der Waals surface area contributed by atoms with Gasteiger partial charge in [-0.1, -0.05) is 13.8 Å². The molecule has 0 atom stereocenters. The van der Waals surface area contributed by atoms with Crippen molar-refractivity contribution in [1.82, 2.24) is 19.9 Å². The van der Waals surface area contributed by atoms with Crippen molar-refractivity contribution in [2.45, 2.75) is 26.3 Å². The average molecular weight is 276 g/mol. The van der Waals surface area contributed by atoms with Gasteiger partial charge in [0.2, 0.25) is 0 Å². The van der Waals surface area contributed by atoms with Gasteiger partial charge in [0.05, 0.1) is 12.1 Å². The molecule has 104 valence electrons. The summed E-state index contributed by atoms with van der Waals surface area (Å²) in [4.78, 5) is 39.4. The van der Waals surface area contributed by atoms with Crippen LogP contribution in [-0.4, -0.2) is 31.6 Å². The highest BCUT2D eigenvalue weighted by Crippen LogP contribution is 2.24. The van der Waals surface area contributed by atoms with Gasteiger partial charge in [-0.3, -0.25) is 14.7 Å². The van der Waals surface area contributed by atoms with Crippen LogP contribution in [0.5, 0.6) is 0 Å². The van der Waals surface area contributed by atoms with Crippen molar-refractivity contribution in [2.24, 2.45) is 0 Å². The van der Waals surface area contributed by atoms with Gasteiger partial charge in [-0.25, -0.2) is 14.3 Å². The fourth-order valence-corrected chi connectivity index (χ4v) is 2.43. The molecule has 20 heavy (non-hydrogen) atoms. The normalized spacial score (nSPS) is 13.8. The maximum Gasteiger partial charge on any atom is 0.354 e. The van der Waals surface area contributed by atoms with Crippen LogP contribution in [0.2, 0.25) is 0 Å². The molecule has 8 nitrogen and oxygen atoms in total. The molecule has 3 heterocycles. The Morgan fingerprint density at radius 3 is 2.70 bits per heavy atom. The number of H-pyrrole nitrogens is 1. The average Bonchev–Trinajstić information content (AvgIpc) is 2.92. The summed E-state index contributed by atoms with van der Waals surface area (Å²) in [6.45, 7) is 3.71. The molecule has 0 fully saturated rings. The SMILES string of the molecule is CC(C)c1c(C(=O)O)[nH]n2c(=O)c3c(nc12)C(=O)NC3. The van der Waals surface area contributed by atoms with Gasteiger partial charge in [0, 0.05) is 5.56 Å². The minimum Gasteiger partial charge on any atom is -0.477 e. The van der Waals surface area contributed by atoms with Crippen molar-refractivity contribution in [3.05, 3.63) is 32.9 Å². The van der Waals surface area contributed by atoms with Crippen LogP contribution in [0.25, 0.3) is 5.65 Å². The van der Waals surface area contributed by atoms with E-state index >= 15 is 0 Å². The van der Waals surface area contributed by atoms with E-state index in [0.717, 1.165) is 4.52 Å². The van der Waals surface area contributed by atoms with E-state index in [-0.39, 0.29) is 35.1 Å². The second kappa shape index (κ2) is 3.92. The van der Waals surface area contributed by atoms with Crippen LogP contribution in [0, 0.1) is 0 Å². The summed E-state index contributed by atoms with van der Waals surface area (Å²) in [6, 6.07) is 0. The number of nitrogens with one attached hydrogen (secondary N) is 2. The standard InChI is InChI=1S/C12H12N4O4/c1-4(2)6-8(12(19)20)15-16-9(6)14-7-5(11(16)18)3-13-10(7)17/h4,15H,3H2,1-2H3,(H,13,17)(H,19,20). The number of nitrogens with zero attached hydrogens (tertiary/aromatic N) is 2. The van der Waals surface area contributed by atoms with E-state index in [2.05, 4.69) is 15.4 Å². The highest BCUT2D eigenvalue weighted by atomic mass is 16.4. The zero-order valence-electron chi connectivity index (χ0n) is 10.9. The van der Waals surface area contributed by atoms with Crippen LogP contribution in [-0.2, 0) is 6.54 Å². The van der Waals surface area contributed by atoms with Gasteiger partial charge in [-0.2, -0.15) is 0 Å². The molecule has 1 amide bonds. The lowest BCUT2D eigenvalue weighted by Gasteiger charge is -2.03. The number of carboxylic acid groups (broad SMARTS) is 1. The molecule has 0 saturated heterocycles. The molecule has 1 aliphatic heterocycles. The third-order valence-electron chi connectivity index (χ3n) is 3.34. The van der Waals surface area contributed by atoms with Crippen molar-refractivity contribution in [3.8, 4) is 0 Å². The highest BCUT2D eigenvalue weighted by Gasteiger charge is 2.29. The maximum absolute atomic E-state index is 12.3. The number of amides is 1. The minimum atomic E-state index is -1.16. The van der Waals surface area contributed by atoms with Crippen molar-refractivity contribution < 1.29 is 14.7 Å². The van der Waals surface area contributed by atoms with Crippen molar-refractivity contribution in [3.63, 3.8) is 0 Å². The van der Waals surface area contributed by atoms with E-state index < -0.39 is 17.4 Å². The minimum absolute atomic E-state index is 0.0753. The Balaban J connectivity index is 2.47. The number of hydrogen-bond acceptors (Lipinski definition) is 4. The summed E-state index contributed by atoms with van der Waals surface area (Å²) in [5.41, 5.74) is 0.413. The fraction of sp³-hybridized carbons (Fsp3) is 0.333. The van der Waals surface area contributed by atoms with Crippen LogP contribution in [0.4, 0.5) is 0 Å². The number of carboxylic acids is 1. The lowest BCUT2D eigenvalue weighted by atomic mass is 10.0. The largest absolute Gasteiger partial charge is 0.477 e. The summed E-state index contributed by atoms with van der Waals surface area (Å²) in [5, 5.41) is 14.3. The molecule has 3 rings (SSSR count). The molecule has 0 bridgehead atoms. The Morgan fingerprint density at radius 1 is 1.40 bits per heavy atom. The van der Waals surface area contributed by atoms with Crippen molar-refractivity contribution in [2.75, 3.05) is 0 Å². The number of aromatic carboxylic acids is 1. The first-order chi connectivity index (χ1) is 9.41. The Hall–Kier alpha value is -2.64. The summed E-state index contributed by atoms with van der Waals surface area (Å²) in [6.07, 6.45) is 0. The first-order valence-corrected chi connectivity index (χ1v) is 6.10. The van der Waals surface area contributed by atoms with Crippen molar-refractivity contribution in [1.29, 1.82) is 0 Å². The van der Waals surface area contributed by atoms with Gasteiger partial charge in [0.25, 0.3) is 11.5 Å². The molecular weight excluding hydrogens is 264 g/mol. The van der Waals surface area contributed by atoms with Crippen LogP contribution in [0.15, 0.2) is 4.79 Å². The van der Waals surface area contributed by atoms with Crippen LogP contribution in [0.3, 0.4) is 0 Å². The quantitative estimate of drug-likeness (QED) is 0.718. The topological polar surface area (TPSA) is 117 Å². The van der Waals surface area contributed by atoms with Crippen molar-refractivity contribution >= 4 is 17.5 Å². The summed E-state index contributed by atoms with van der Waals surface area (Å²) >= 11 is 0. The molecule has 0 saturated carbocycles. The van der Waals surface area contributed by atoms with Gasteiger partial charge in [-0.15, -0.1) is 0 Å². The first kappa shape index (κ1) is 12.4. The Bertz CT molecular complexity index is 815. The number of carbonyl (C=O) groups is 2. The molecule has 0 unspecified atom stereocenters. The van der Waals surface area contributed by atoms with E-state index in [9.17, 15) is 19.5 Å². The zero-order chi connectivity index (χ0) is 14.6. The molecule has 0 spiro atoms. The fourth-order valence-electron chi connectivity index (χ4n) is 2.43. The number of rotatable bonds is 2. The molecule has 0 aromatic carbocycles. The summed E-state index contributed by atoms with van der Waals surface area (Å²) in [7, 11) is 0. The van der Waals surface area contributed by atoms with E-state index in [1.165, 1.54) is 0 Å². The second-order valence-electron chi connectivity index (χ2n) is 4.95. The molecule has 0 aliphatic carbocycles. The second-order valence-corrected chi connectivity index (χ2v) is 4.95. The molecular formula is C12H12N4O4. The van der Waals surface area contributed by atoms with Crippen LogP contribution in [0.1, 0.15) is 51.9 Å². The van der Waals surface area contributed by atoms with Crippen LogP contribution < -0.4 is 10.9 Å². The smallest absolute Gasteiger partial charge is 0.354 e. The van der Waals surface area contributed by atoms with Gasteiger partial charge in [-0.05, 0) is 5.92 Å². The number of fused-ring (bicyclic) bond motifs is 2. The third-order valence-corrected chi connectivity index (χ3v) is 3.34. The Kier molecular flexibility index (Phi) is 2.43. The molecule has 3 N–H and O–H groups in total. The first-order valence-electron chi connectivity index (χ1n) is 6.10. The predicted octanol–water partition coefficient (Wildman–Crippen LogP) is 0.0876. The highest BCUT2D eigenvalue weighted by molar-refractivity contribution is 5.97. The monoisotopic (exact) mass is 276 g/mol. The van der Waals surface area contributed by atoms with Gasteiger partial charge < -0.3 is 10.4 Å². The number of aromatic amines is 1. The van der Waals surface area contributed by atoms with Gasteiger partial charge in [0.1, 0.15) is 11.4 Å². The Morgan fingerprint density at radius 2 is 2.10 bits per heavy atom. The van der Waals surface area contributed by atoms with E-state index in [0.29, 0.717) is 5.56 Å². The molecule has 2 aromatic rings. The summed E-state index contributed by atoms with van der Waals surface area (Å²) in [5.74, 6) is -1.73.